The summed E-state index contributed by atoms with van der Waals surface area (Å²) in [4.78, 5) is 25.9. The third kappa shape index (κ3) is 34.6. The van der Waals surface area contributed by atoms with Gasteiger partial charge < -0.3 is 20.3 Å². The monoisotopic (exact) mass is 728 g/mol. The molecule has 0 aromatic heterocycles. The zero-order chi connectivity index (χ0) is 38.2. The quantitative estimate of drug-likeness (QED) is 0.0256. The third-order valence-corrected chi connectivity index (χ3v) is 9.43. The molecular formula is C46H81NO5. The summed E-state index contributed by atoms with van der Waals surface area (Å²) >= 11 is 0. The Morgan fingerprint density at radius 2 is 1.08 bits per heavy atom. The van der Waals surface area contributed by atoms with Gasteiger partial charge in [-0.3, -0.25) is 9.59 Å². The summed E-state index contributed by atoms with van der Waals surface area (Å²) in [6.45, 7) is 6.24. The van der Waals surface area contributed by atoms with Crippen molar-refractivity contribution < 1.29 is 24.5 Å². The molecule has 52 heavy (non-hydrogen) atoms. The van der Waals surface area contributed by atoms with E-state index in [-0.39, 0.29) is 24.9 Å². The van der Waals surface area contributed by atoms with Gasteiger partial charge in [0.05, 0.1) is 25.2 Å². The van der Waals surface area contributed by atoms with E-state index in [0.29, 0.717) is 19.3 Å². The first-order valence-electron chi connectivity index (χ1n) is 21.6. The first kappa shape index (κ1) is 49.6. The van der Waals surface area contributed by atoms with E-state index < -0.39 is 18.2 Å². The summed E-state index contributed by atoms with van der Waals surface area (Å²) in [5.74, 6) is -0.526. The minimum absolute atomic E-state index is 0.0544. The van der Waals surface area contributed by atoms with E-state index in [0.717, 1.165) is 96.3 Å². The fraction of sp³-hybridized carbons (Fsp3) is 0.739. The number of hydrogen-bond acceptors (Lipinski definition) is 5. The number of carbonyl (C=O) groups excluding carboxylic acids is 2. The van der Waals surface area contributed by atoms with Gasteiger partial charge in [0.2, 0.25) is 5.91 Å². The summed E-state index contributed by atoms with van der Waals surface area (Å²) in [6, 6.07) is -0.709. The van der Waals surface area contributed by atoms with Crippen LogP contribution in [-0.4, -0.2) is 46.9 Å². The topological polar surface area (TPSA) is 95.9 Å². The van der Waals surface area contributed by atoms with Crippen LogP contribution in [-0.2, 0) is 14.3 Å². The number of amides is 1. The predicted molar refractivity (Wildman–Crippen MR) is 222 cm³/mol. The molecule has 300 valence electrons. The molecule has 1 amide bonds. The highest BCUT2D eigenvalue weighted by molar-refractivity contribution is 5.77. The largest absolute Gasteiger partial charge is 0.462 e. The maximum Gasteiger partial charge on any atom is 0.306 e. The molecule has 3 N–H and O–H groups in total. The van der Waals surface area contributed by atoms with E-state index in [4.69, 9.17) is 4.74 Å². The lowest BCUT2D eigenvalue weighted by Crippen LogP contribution is -2.46. The summed E-state index contributed by atoms with van der Waals surface area (Å²) in [5, 5.41) is 23.5. The second-order valence-corrected chi connectivity index (χ2v) is 14.4. The van der Waals surface area contributed by atoms with Crippen molar-refractivity contribution in [1.29, 1.82) is 0 Å². The van der Waals surface area contributed by atoms with Gasteiger partial charge in [-0.05, 0) is 64.2 Å². The van der Waals surface area contributed by atoms with Crippen molar-refractivity contribution in [2.75, 3.05) is 6.61 Å². The molecule has 0 heterocycles. The van der Waals surface area contributed by atoms with Gasteiger partial charge in [-0.25, -0.2) is 0 Å². The van der Waals surface area contributed by atoms with Crippen LogP contribution in [0.15, 0.2) is 60.8 Å². The van der Waals surface area contributed by atoms with Gasteiger partial charge in [-0.1, -0.05) is 178 Å². The van der Waals surface area contributed by atoms with E-state index in [1.165, 1.54) is 51.4 Å². The Hall–Kier alpha value is -2.44. The van der Waals surface area contributed by atoms with Crippen molar-refractivity contribution in [2.24, 2.45) is 0 Å². The van der Waals surface area contributed by atoms with E-state index in [1.807, 2.05) is 18.2 Å². The van der Waals surface area contributed by atoms with Crippen LogP contribution in [0.4, 0.5) is 0 Å². The number of esters is 1. The first-order chi connectivity index (χ1) is 25.5. The maximum absolute atomic E-state index is 13.1. The average molecular weight is 728 g/mol. The number of carbonyl (C=O) groups is 2. The molecule has 0 aliphatic rings. The molecule has 0 rings (SSSR count). The standard InChI is InChI=1S/C46H81NO5/c1-4-7-10-13-16-19-20-21-22-23-24-27-30-33-36-39-46(51)52-42(37-34-31-28-25-17-14-11-8-5-2)40-45(50)47-43(41-48)44(49)38-35-32-29-26-18-15-12-9-6-3/h7,10,13-14,16-17,19-22,42-44,48-49H,4-6,8-9,11-12,15,18,23-41H2,1-3H3,(H,47,50)/b10-7+,16-13+,17-14-,20-19+,22-21-. The van der Waals surface area contributed by atoms with E-state index in [1.54, 1.807) is 0 Å². The zero-order valence-electron chi connectivity index (χ0n) is 33.9. The Morgan fingerprint density at radius 1 is 0.577 bits per heavy atom. The number of nitrogens with one attached hydrogen (secondary N) is 1. The van der Waals surface area contributed by atoms with Gasteiger partial charge in [0.15, 0.2) is 0 Å². The molecule has 6 heteroatoms. The average Bonchev–Trinajstić information content (AvgIpc) is 3.13. The van der Waals surface area contributed by atoms with Gasteiger partial charge in [0.1, 0.15) is 6.10 Å². The number of hydrogen-bond donors (Lipinski definition) is 3. The van der Waals surface area contributed by atoms with E-state index in [2.05, 4.69) is 68.6 Å². The Kier molecular flexibility index (Phi) is 37.9. The Balaban J connectivity index is 4.61. The number of ether oxygens (including phenoxy) is 1. The van der Waals surface area contributed by atoms with Gasteiger partial charge >= 0.3 is 5.97 Å². The second-order valence-electron chi connectivity index (χ2n) is 14.4. The van der Waals surface area contributed by atoms with Crippen LogP contribution in [0, 0.1) is 0 Å². The predicted octanol–water partition coefficient (Wildman–Crippen LogP) is 12.1. The van der Waals surface area contributed by atoms with Crippen LogP contribution < -0.4 is 5.32 Å². The Morgan fingerprint density at radius 3 is 1.71 bits per heavy atom. The summed E-state index contributed by atoms with van der Waals surface area (Å²) in [6.07, 6.45) is 47.1. The van der Waals surface area contributed by atoms with Crippen LogP contribution in [0.5, 0.6) is 0 Å². The molecule has 6 nitrogen and oxygen atoms in total. The van der Waals surface area contributed by atoms with Crippen molar-refractivity contribution >= 4 is 11.9 Å². The SMILES string of the molecule is CC/C=C/C=C/C=C/C=C\CCCCCCCC(=O)OC(CCCCC/C=C\CCCC)CC(=O)NC(CO)C(O)CCCCCCCCCCC. The molecule has 0 aromatic carbocycles. The molecule has 3 atom stereocenters. The van der Waals surface area contributed by atoms with Crippen molar-refractivity contribution in [1.82, 2.24) is 5.32 Å². The lowest BCUT2D eigenvalue weighted by Gasteiger charge is -2.24. The normalized spacial score (nSPS) is 14.0. The first-order valence-corrected chi connectivity index (χ1v) is 21.6. The molecule has 0 bridgehead atoms. The summed E-state index contributed by atoms with van der Waals surface area (Å²) in [7, 11) is 0. The molecule has 0 aliphatic carbocycles. The summed E-state index contributed by atoms with van der Waals surface area (Å²) < 4.78 is 5.86. The molecule has 0 saturated carbocycles. The minimum Gasteiger partial charge on any atom is -0.462 e. The van der Waals surface area contributed by atoms with Gasteiger partial charge in [-0.2, -0.15) is 0 Å². The molecule has 0 saturated heterocycles. The van der Waals surface area contributed by atoms with Crippen LogP contribution in [0.3, 0.4) is 0 Å². The summed E-state index contributed by atoms with van der Waals surface area (Å²) in [5.41, 5.74) is 0. The highest BCUT2D eigenvalue weighted by Gasteiger charge is 2.24. The molecule has 0 fully saturated rings. The molecule has 3 unspecified atom stereocenters. The van der Waals surface area contributed by atoms with E-state index >= 15 is 0 Å². The van der Waals surface area contributed by atoms with Crippen molar-refractivity contribution in [3.63, 3.8) is 0 Å². The Bertz CT molecular complexity index is 952. The fourth-order valence-electron chi connectivity index (χ4n) is 6.13. The van der Waals surface area contributed by atoms with Crippen LogP contribution in [0.25, 0.3) is 0 Å². The highest BCUT2D eigenvalue weighted by atomic mass is 16.5. The molecule has 0 aliphatic heterocycles. The number of unbranched alkanes of at least 4 members (excludes halogenated alkanes) is 18. The fourth-order valence-corrected chi connectivity index (χ4v) is 6.13. The lowest BCUT2D eigenvalue weighted by molar-refractivity contribution is -0.151. The maximum atomic E-state index is 13.1. The van der Waals surface area contributed by atoms with Crippen LogP contribution in [0.2, 0.25) is 0 Å². The number of aliphatic hydroxyl groups excluding tert-OH is 2. The van der Waals surface area contributed by atoms with Gasteiger partial charge in [-0.15, -0.1) is 0 Å². The molecule has 0 spiro atoms. The molecule has 0 aromatic rings. The minimum atomic E-state index is -0.793. The molecule has 0 radical (unpaired) electrons. The zero-order valence-corrected chi connectivity index (χ0v) is 33.9. The second kappa shape index (κ2) is 39.8. The Labute approximate surface area is 320 Å². The van der Waals surface area contributed by atoms with Crippen molar-refractivity contribution in [3.8, 4) is 0 Å². The van der Waals surface area contributed by atoms with Crippen LogP contribution in [0.1, 0.15) is 194 Å². The number of allylic oxidation sites excluding steroid dienone is 10. The smallest absolute Gasteiger partial charge is 0.306 e. The number of aliphatic hydroxyl groups is 2. The van der Waals surface area contributed by atoms with Gasteiger partial charge in [0, 0.05) is 6.42 Å². The lowest BCUT2D eigenvalue weighted by atomic mass is 10.0. The third-order valence-electron chi connectivity index (χ3n) is 9.43. The molecular weight excluding hydrogens is 647 g/mol. The van der Waals surface area contributed by atoms with Crippen molar-refractivity contribution in [2.45, 2.75) is 212 Å². The van der Waals surface area contributed by atoms with Gasteiger partial charge in [0.25, 0.3) is 0 Å². The number of rotatable bonds is 37. The van der Waals surface area contributed by atoms with E-state index in [9.17, 15) is 19.8 Å². The van der Waals surface area contributed by atoms with Crippen molar-refractivity contribution in [3.05, 3.63) is 60.8 Å². The van der Waals surface area contributed by atoms with Crippen LogP contribution >= 0.6 is 0 Å². The highest BCUT2D eigenvalue weighted by Crippen LogP contribution is 2.16.